The van der Waals surface area contributed by atoms with E-state index in [1.807, 2.05) is 39.1 Å². The summed E-state index contributed by atoms with van der Waals surface area (Å²) in [5.74, 6) is 2.42. The van der Waals surface area contributed by atoms with Crippen LogP contribution in [0.5, 0.6) is 11.5 Å². The number of nitrogens with one attached hydrogen (secondary N) is 1. The van der Waals surface area contributed by atoms with Gasteiger partial charge in [-0.3, -0.25) is 0 Å². The molecule has 2 aromatic rings. The molecule has 1 aromatic heterocycles. The van der Waals surface area contributed by atoms with Crippen LogP contribution in [0.25, 0.3) is 11.5 Å². The van der Waals surface area contributed by atoms with Crippen LogP contribution in [0.3, 0.4) is 0 Å². The zero-order valence-corrected chi connectivity index (χ0v) is 12.0. The molecule has 108 valence electrons. The fraction of sp³-hybridized carbons (Fsp3) is 0.429. The summed E-state index contributed by atoms with van der Waals surface area (Å²) in [6.45, 7) is 5.57. The zero-order chi connectivity index (χ0) is 14.4. The first-order valence-electron chi connectivity index (χ1n) is 6.65. The molecule has 1 heterocycles. The summed E-state index contributed by atoms with van der Waals surface area (Å²) >= 11 is 0. The molecule has 0 atom stereocenters. The molecule has 0 amide bonds. The first kappa shape index (κ1) is 14.3. The molecule has 0 unspecified atom stereocenters. The molecule has 6 heteroatoms. The number of hydrogen-bond acceptors (Lipinski definition) is 6. The molecule has 0 fully saturated rings. The van der Waals surface area contributed by atoms with Gasteiger partial charge in [-0.2, -0.15) is 0 Å². The molecule has 2 rings (SSSR count). The van der Waals surface area contributed by atoms with E-state index in [0.717, 1.165) is 5.56 Å². The lowest BCUT2D eigenvalue weighted by Gasteiger charge is -2.11. The largest absolute Gasteiger partial charge is 0.490 e. The highest BCUT2D eigenvalue weighted by atomic mass is 16.5. The van der Waals surface area contributed by atoms with E-state index in [-0.39, 0.29) is 0 Å². The fourth-order valence-electron chi connectivity index (χ4n) is 1.78. The molecule has 0 saturated heterocycles. The van der Waals surface area contributed by atoms with Gasteiger partial charge in [-0.05, 0) is 39.1 Å². The molecule has 0 aliphatic carbocycles. The van der Waals surface area contributed by atoms with Crippen molar-refractivity contribution in [2.24, 2.45) is 0 Å². The van der Waals surface area contributed by atoms with Crippen molar-refractivity contribution in [3.63, 3.8) is 0 Å². The molecule has 0 saturated carbocycles. The van der Waals surface area contributed by atoms with Gasteiger partial charge >= 0.3 is 0 Å². The summed E-state index contributed by atoms with van der Waals surface area (Å²) in [5, 5.41) is 11.0. The van der Waals surface area contributed by atoms with E-state index in [2.05, 4.69) is 15.5 Å². The lowest BCUT2D eigenvalue weighted by atomic mass is 10.2. The summed E-state index contributed by atoms with van der Waals surface area (Å²) in [6, 6.07) is 5.58. The van der Waals surface area contributed by atoms with E-state index in [4.69, 9.17) is 13.9 Å². The maximum Gasteiger partial charge on any atom is 0.247 e. The van der Waals surface area contributed by atoms with Crippen molar-refractivity contribution in [2.75, 3.05) is 20.3 Å². The van der Waals surface area contributed by atoms with Crippen LogP contribution in [-0.2, 0) is 6.54 Å². The molecule has 0 aliphatic rings. The van der Waals surface area contributed by atoms with Gasteiger partial charge in [0.25, 0.3) is 0 Å². The molecule has 0 bridgehead atoms. The second-order valence-corrected chi connectivity index (χ2v) is 4.06. The molecule has 1 N–H and O–H groups in total. The third kappa shape index (κ3) is 3.27. The fourth-order valence-corrected chi connectivity index (χ4v) is 1.78. The summed E-state index contributed by atoms with van der Waals surface area (Å²) in [7, 11) is 1.83. The normalized spacial score (nSPS) is 10.6. The van der Waals surface area contributed by atoms with Crippen molar-refractivity contribution in [2.45, 2.75) is 20.4 Å². The minimum absolute atomic E-state index is 0.472. The Morgan fingerprint density at radius 1 is 1.10 bits per heavy atom. The Morgan fingerprint density at radius 2 is 1.85 bits per heavy atom. The lowest BCUT2D eigenvalue weighted by molar-refractivity contribution is 0.288. The Labute approximate surface area is 118 Å². The van der Waals surface area contributed by atoms with Gasteiger partial charge in [0.15, 0.2) is 11.5 Å². The highest BCUT2D eigenvalue weighted by Crippen LogP contribution is 2.32. The number of benzene rings is 1. The lowest BCUT2D eigenvalue weighted by Crippen LogP contribution is -2.04. The predicted octanol–water partition coefficient (Wildman–Crippen LogP) is 2.25. The summed E-state index contributed by atoms with van der Waals surface area (Å²) in [4.78, 5) is 0. The van der Waals surface area contributed by atoms with E-state index in [1.165, 1.54) is 0 Å². The van der Waals surface area contributed by atoms with E-state index in [0.29, 0.717) is 43.0 Å². The summed E-state index contributed by atoms with van der Waals surface area (Å²) < 4.78 is 16.7. The van der Waals surface area contributed by atoms with Crippen LogP contribution in [0.15, 0.2) is 22.6 Å². The summed E-state index contributed by atoms with van der Waals surface area (Å²) in [5.41, 5.74) is 0.812. The van der Waals surface area contributed by atoms with E-state index < -0.39 is 0 Å². The average molecular weight is 277 g/mol. The van der Waals surface area contributed by atoms with Gasteiger partial charge in [0, 0.05) is 5.56 Å². The number of aromatic nitrogens is 2. The quantitative estimate of drug-likeness (QED) is 0.837. The SMILES string of the molecule is CCOc1ccc(-c2nnc(CNC)o2)cc1OCC. The van der Waals surface area contributed by atoms with Crippen molar-refractivity contribution >= 4 is 0 Å². The molecular weight excluding hydrogens is 258 g/mol. The van der Waals surface area contributed by atoms with Crippen LogP contribution in [0.4, 0.5) is 0 Å². The highest BCUT2D eigenvalue weighted by molar-refractivity contribution is 5.59. The number of rotatable bonds is 7. The Hall–Kier alpha value is -2.08. The Bertz CT molecular complexity index is 554. The number of hydrogen-bond donors (Lipinski definition) is 1. The van der Waals surface area contributed by atoms with Crippen LogP contribution in [0.1, 0.15) is 19.7 Å². The topological polar surface area (TPSA) is 69.4 Å². The minimum atomic E-state index is 0.472. The molecule has 20 heavy (non-hydrogen) atoms. The van der Waals surface area contributed by atoms with E-state index >= 15 is 0 Å². The van der Waals surface area contributed by atoms with Gasteiger partial charge in [0.1, 0.15) is 0 Å². The molecule has 0 radical (unpaired) electrons. The van der Waals surface area contributed by atoms with E-state index in [1.54, 1.807) is 0 Å². The molecule has 0 spiro atoms. The maximum absolute atomic E-state index is 5.58. The minimum Gasteiger partial charge on any atom is -0.490 e. The van der Waals surface area contributed by atoms with Crippen molar-refractivity contribution < 1.29 is 13.9 Å². The van der Waals surface area contributed by atoms with Crippen molar-refractivity contribution in [3.8, 4) is 23.0 Å². The highest BCUT2D eigenvalue weighted by Gasteiger charge is 2.12. The van der Waals surface area contributed by atoms with Gasteiger partial charge in [-0.25, -0.2) is 0 Å². The number of nitrogens with zero attached hydrogens (tertiary/aromatic N) is 2. The monoisotopic (exact) mass is 277 g/mol. The average Bonchev–Trinajstić information content (AvgIpc) is 2.90. The van der Waals surface area contributed by atoms with Crippen LogP contribution in [-0.4, -0.2) is 30.5 Å². The third-order valence-electron chi connectivity index (χ3n) is 2.59. The van der Waals surface area contributed by atoms with Crippen molar-refractivity contribution in [3.05, 3.63) is 24.1 Å². The second kappa shape index (κ2) is 6.91. The van der Waals surface area contributed by atoms with Gasteiger partial charge in [-0.15, -0.1) is 10.2 Å². The number of ether oxygens (including phenoxy) is 2. The zero-order valence-electron chi connectivity index (χ0n) is 12.0. The summed E-state index contributed by atoms with van der Waals surface area (Å²) in [6.07, 6.45) is 0. The van der Waals surface area contributed by atoms with Crippen LogP contribution < -0.4 is 14.8 Å². The first-order chi connectivity index (χ1) is 9.78. The molecule has 0 aliphatic heterocycles. The van der Waals surface area contributed by atoms with Gasteiger partial charge in [0.2, 0.25) is 11.8 Å². The van der Waals surface area contributed by atoms with Gasteiger partial charge in [0.05, 0.1) is 19.8 Å². The van der Waals surface area contributed by atoms with Crippen LogP contribution in [0, 0.1) is 0 Å². The predicted molar refractivity (Wildman–Crippen MR) is 74.8 cm³/mol. The van der Waals surface area contributed by atoms with Gasteiger partial charge in [-0.1, -0.05) is 0 Å². The van der Waals surface area contributed by atoms with E-state index in [9.17, 15) is 0 Å². The Balaban J connectivity index is 2.28. The molecular formula is C14H19N3O3. The standard InChI is InChI=1S/C14H19N3O3/c1-4-18-11-7-6-10(8-12(11)19-5-2)14-17-16-13(20-14)9-15-3/h6-8,15H,4-5,9H2,1-3H3. The molecule has 1 aromatic carbocycles. The first-order valence-corrected chi connectivity index (χ1v) is 6.65. The van der Waals surface area contributed by atoms with Gasteiger partial charge < -0.3 is 19.2 Å². The molecule has 6 nitrogen and oxygen atoms in total. The second-order valence-electron chi connectivity index (χ2n) is 4.06. The Kier molecular flexibility index (Phi) is 4.95. The third-order valence-corrected chi connectivity index (χ3v) is 2.59. The van der Waals surface area contributed by atoms with Crippen LogP contribution >= 0.6 is 0 Å². The van der Waals surface area contributed by atoms with Crippen molar-refractivity contribution in [1.82, 2.24) is 15.5 Å². The van der Waals surface area contributed by atoms with Crippen LogP contribution in [0.2, 0.25) is 0 Å². The Morgan fingerprint density at radius 3 is 2.55 bits per heavy atom. The smallest absolute Gasteiger partial charge is 0.247 e. The van der Waals surface area contributed by atoms with Crippen molar-refractivity contribution in [1.29, 1.82) is 0 Å². The maximum atomic E-state index is 5.58.